The van der Waals surface area contributed by atoms with Gasteiger partial charge in [-0.25, -0.2) is 9.79 Å². The van der Waals surface area contributed by atoms with E-state index < -0.39 is 5.97 Å². The van der Waals surface area contributed by atoms with Crippen molar-refractivity contribution in [3.8, 4) is 11.5 Å². The molecular formula is C23H22BrNO5. The fraction of sp³-hybridized carbons (Fsp3) is 0.261. The number of ether oxygens (including phenoxy) is 3. The predicted octanol–water partition coefficient (Wildman–Crippen LogP) is 5.21. The van der Waals surface area contributed by atoms with Crippen molar-refractivity contribution < 1.29 is 23.8 Å². The maximum atomic E-state index is 12.3. The van der Waals surface area contributed by atoms with Crippen molar-refractivity contribution in [2.45, 2.75) is 33.6 Å². The van der Waals surface area contributed by atoms with Crippen LogP contribution in [0.3, 0.4) is 0 Å². The molecule has 0 aliphatic carbocycles. The van der Waals surface area contributed by atoms with E-state index in [2.05, 4.69) is 20.9 Å². The van der Waals surface area contributed by atoms with Crippen LogP contribution in [0.1, 0.15) is 43.4 Å². The lowest BCUT2D eigenvalue weighted by atomic mass is 10.1. The molecule has 1 aliphatic rings. The van der Waals surface area contributed by atoms with Gasteiger partial charge in [0, 0.05) is 12.0 Å². The molecule has 0 unspecified atom stereocenters. The van der Waals surface area contributed by atoms with Crippen molar-refractivity contribution in [2.75, 3.05) is 6.61 Å². The summed E-state index contributed by atoms with van der Waals surface area (Å²) in [7, 11) is 0. The lowest BCUT2D eigenvalue weighted by Gasteiger charge is -2.13. The van der Waals surface area contributed by atoms with E-state index in [1.165, 1.54) is 0 Å². The second kappa shape index (κ2) is 9.71. The second-order valence-electron chi connectivity index (χ2n) is 6.64. The summed E-state index contributed by atoms with van der Waals surface area (Å²) in [5, 5.41) is 0. The van der Waals surface area contributed by atoms with E-state index in [4.69, 9.17) is 14.2 Å². The van der Waals surface area contributed by atoms with Crippen LogP contribution in [0.15, 0.2) is 51.6 Å². The molecule has 0 spiro atoms. The first-order chi connectivity index (χ1) is 14.4. The second-order valence-corrected chi connectivity index (χ2v) is 7.49. The van der Waals surface area contributed by atoms with Crippen LogP contribution in [0, 0.1) is 6.92 Å². The van der Waals surface area contributed by atoms with Crippen molar-refractivity contribution >= 4 is 39.8 Å². The summed E-state index contributed by atoms with van der Waals surface area (Å²) in [4.78, 5) is 28.6. The van der Waals surface area contributed by atoms with Gasteiger partial charge < -0.3 is 14.2 Å². The summed E-state index contributed by atoms with van der Waals surface area (Å²) in [5.74, 6) is 0.129. The van der Waals surface area contributed by atoms with Gasteiger partial charge in [-0.2, -0.15) is 0 Å². The Morgan fingerprint density at radius 1 is 1.23 bits per heavy atom. The number of carbonyl (C=O) groups excluding carboxylic acids is 2. The van der Waals surface area contributed by atoms with Gasteiger partial charge in [0.25, 0.3) is 0 Å². The van der Waals surface area contributed by atoms with Crippen molar-refractivity contribution in [1.29, 1.82) is 0 Å². The third-order valence-electron chi connectivity index (χ3n) is 4.30. The molecule has 1 heterocycles. The van der Waals surface area contributed by atoms with E-state index in [1.54, 1.807) is 18.2 Å². The maximum Gasteiger partial charge on any atom is 0.363 e. The Morgan fingerprint density at radius 3 is 2.70 bits per heavy atom. The molecule has 0 saturated carbocycles. The van der Waals surface area contributed by atoms with Gasteiger partial charge in [-0.15, -0.1) is 0 Å². The molecule has 0 radical (unpaired) electrons. The molecule has 0 aromatic heterocycles. The minimum absolute atomic E-state index is 0.179. The summed E-state index contributed by atoms with van der Waals surface area (Å²) in [6.45, 7) is 6.06. The standard InChI is InChI=1S/C23H22BrNO5/c1-4-8-20(26)29-21-17(24)11-15(13-19(21)28-5-2)12-18-23(27)30-22(25-18)16-10-7-6-9-14(16)3/h6-7,9-13H,4-5,8H2,1-3H3/b18-12-. The van der Waals surface area contributed by atoms with Crippen LogP contribution >= 0.6 is 15.9 Å². The first kappa shape index (κ1) is 21.8. The summed E-state index contributed by atoms with van der Waals surface area (Å²) in [5.41, 5.74) is 2.56. The van der Waals surface area contributed by atoms with E-state index in [-0.39, 0.29) is 17.6 Å². The molecule has 30 heavy (non-hydrogen) atoms. The topological polar surface area (TPSA) is 74.2 Å². The van der Waals surface area contributed by atoms with Crippen LogP contribution < -0.4 is 9.47 Å². The molecule has 0 atom stereocenters. The number of hydrogen-bond donors (Lipinski definition) is 0. The number of benzene rings is 2. The fourth-order valence-electron chi connectivity index (χ4n) is 2.90. The molecule has 2 aromatic rings. The van der Waals surface area contributed by atoms with Crippen LogP contribution in [0.5, 0.6) is 11.5 Å². The molecular weight excluding hydrogens is 450 g/mol. The Hall–Kier alpha value is -2.93. The molecule has 6 nitrogen and oxygen atoms in total. The molecule has 2 aromatic carbocycles. The minimum Gasteiger partial charge on any atom is -0.490 e. The van der Waals surface area contributed by atoms with Gasteiger partial charge in [0.1, 0.15) is 0 Å². The molecule has 0 bridgehead atoms. The average Bonchev–Trinajstić information content (AvgIpc) is 3.05. The molecule has 7 heteroatoms. The number of aryl methyl sites for hydroxylation is 1. The highest BCUT2D eigenvalue weighted by Gasteiger charge is 2.25. The van der Waals surface area contributed by atoms with Crippen molar-refractivity contribution in [1.82, 2.24) is 0 Å². The van der Waals surface area contributed by atoms with Gasteiger partial charge in [0.05, 0.1) is 11.1 Å². The summed E-state index contributed by atoms with van der Waals surface area (Å²) in [6, 6.07) is 11.0. The van der Waals surface area contributed by atoms with Gasteiger partial charge in [0.15, 0.2) is 17.2 Å². The zero-order chi connectivity index (χ0) is 21.7. The highest BCUT2D eigenvalue weighted by atomic mass is 79.9. The lowest BCUT2D eigenvalue weighted by molar-refractivity contribution is -0.134. The van der Waals surface area contributed by atoms with E-state index in [9.17, 15) is 9.59 Å². The molecule has 0 N–H and O–H groups in total. The summed E-state index contributed by atoms with van der Waals surface area (Å²) >= 11 is 3.43. The van der Waals surface area contributed by atoms with Crippen molar-refractivity contribution in [3.05, 3.63) is 63.3 Å². The lowest BCUT2D eigenvalue weighted by Crippen LogP contribution is -2.09. The van der Waals surface area contributed by atoms with Gasteiger partial charge in [-0.3, -0.25) is 4.79 Å². The van der Waals surface area contributed by atoms with Gasteiger partial charge in [0.2, 0.25) is 5.90 Å². The third-order valence-corrected chi connectivity index (χ3v) is 4.89. The van der Waals surface area contributed by atoms with E-state index >= 15 is 0 Å². The zero-order valence-electron chi connectivity index (χ0n) is 17.0. The third kappa shape index (κ3) is 4.97. The quantitative estimate of drug-likeness (QED) is 0.314. The maximum absolute atomic E-state index is 12.3. The minimum atomic E-state index is -0.527. The Morgan fingerprint density at radius 2 is 2.00 bits per heavy atom. The highest BCUT2D eigenvalue weighted by molar-refractivity contribution is 9.10. The van der Waals surface area contributed by atoms with Crippen LogP contribution in [0.2, 0.25) is 0 Å². The molecule has 0 fully saturated rings. The van der Waals surface area contributed by atoms with Crippen molar-refractivity contribution in [3.63, 3.8) is 0 Å². The van der Waals surface area contributed by atoms with Gasteiger partial charge >= 0.3 is 11.9 Å². The summed E-state index contributed by atoms with van der Waals surface area (Å²) in [6.07, 6.45) is 2.61. The molecule has 1 aliphatic heterocycles. The fourth-order valence-corrected chi connectivity index (χ4v) is 3.44. The Labute approximate surface area is 183 Å². The predicted molar refractivity (Wildman–Crippen MR) is 118 cm³/mol. The highest BCUT2D eigenvalue weighted by Crippen LogP contribution is 2.38. The number of cyclic esters (lactones) is 1. The van der Waals surface area contributed by atoms with Crippen LogP contribution in [0.25, 0.3) is 6.08 Å². The first-order valence-electron chi connectivity index (χ1n) is 9.68. The molecule has 0 amide bonds. The Kier molecular flexibility index (Phi) is 7.05. The normalized spacial score (nSPS) is 14.5. The van der Waals surface area contributed by atoms with Gasteiger partial charge in [-0.1, -0.05) is 25.1 Å². The van der Waals surface area contributed by atoms with E-state index in [0.29, 0.717) is 41.0 Å². The average molecular weight is 472 g/mol. The van der Waals surface area contributed by atoms with Crippen LogP contribution in [-0.4, -0.2) is 24.4 Å². The molecule has 3 rings (SSSR count). The Bertz CT molecular complexity index is 1040. The number of rotatable bonds is 7. The van der Waals surface area contributed by atoms with Crippen LogP contribution in [0.4, 0.5) is 0 Å². The SMILES string of the molecule is CCCC(=O)Oc1c(Br)cc(/C=C2\N=C(c3ccccc3C)OC2=O)cc1OCC. The summed E-state index contributed by atoms with van der Waals surface area (Å²) < 4.78 is 17.0. The number of carbonyl (C=O) groups is 2. The number of nitrogens with zero attached hydrogens (tertiary/aromatic N) is 1. The first-order valence-corrected chi connectivity index (χ1v) is 10.5. The van der Waals surface area contributed by atoms with Crippen LogP contribution in [-0.2, 0) is 14.3 Å². The monoisotopic (exact) mass is 471 g/mol. The largest absolute Gasteiger partial charge is 0.490 e. The molecule has 0 saturated heterocycles. The smallest absolute Gasteiger partial charge is 0.363 e. The Balaban J connectivity index is 1.95. The molecule has 156 valence electrons. The van der Waals surface area contributed by atoms with E-state index in [1.807, 2.05) is 45.0 Å². The van der Waals surface area contributed by atoms with Crippen molar-refractivity contribution in [2.24, 2.45) is 4.99 Å². The number of halogens is 1. The number of esters is 2. The number of hydrogen-bond acceptors (Lipinski definition) is 6. The zero-order valence-corrected chi connectivity index (χ0v) is 18.6. The van der Waals surface area contributed by atoms with Gasteiger partial charge in [-0.05, 0) is 71.6 Å². The number of aliphatic imine (C=N–C) groups is 1. The van der Waals surface area contributed by atoms with E-state index in [0.717, 1.165) is 11.1 Å².